The molecular weight excluding hydrogens is 348 g/mol. The maximum atomic E-state index is 13.1. The standard InChI is InChI=1S/C19H22N4O4/c1-10(2)16(19(25)26-5)21-18(24)12-9-13(14-7-6-8-27-14)20-17-15(12)11(3)22-23(17)4/h6-10,16H,1-5H3,(H,21,24)/t16-/m0/s1. The van der Waals surface area contributed by atoms with Crippen molar-refractivity contribution in [1.29, 1.82) is 0 Å². The van der Waals surface area contributed by atoms with Crippen LogP contribution in [0, 0.1) is 12.8 Å². The van der Waals surface area contributed by atoms with Crippen LogP contribution in [0.2, 0.25) is 0 Å². The number of carbonyl (C=O) groups is 2. The number of esters is 1. The van der Waals surface area contributed by atoms with Gasteiger partial charge in [-0.25, -0.2) is 9.78 Å². The summed E-state index contributed by atoms with van der Waals surface area (Å²) >= 11 is 0. The highest BCUT2D eigenvalue weighted by atomic mass is 16.5. The van der Waals surface area contributed by atoms with Crippen LogP contribution in [0.3, 0.4) is 0 Å². The SMILES string of the molecule is COC(=O)[C@@H](NC(=O)c1cc(-c2ccco2)nc2c1c(C)nn2C)C(C)C. The number of aromatic nitrogens is 3. The summed E-state index contributed by atoms with van der Waals surface area (Å²) in [7, 11) is 3.07. The Morgan fingerprint density at radius 2 is 2.07 bits per heavy atom. The normalized spacial score (nSPS) is 12.4. The molecule has 1 atom stereocenters. The van der Waals surface area contributed by atoms with Crippen molar-refractivity contribution in [3.05, 3.63) is 35.7 Å². The molecule has 8 heteroatoms. The molecule has 0 fully saturated rings. The van der Waals surface area contributed by atoms with E-state index in [4.69, 9.17) is 9.15 Å². The van der Waals surface area contributed by atoms with Gasteiger partial charge in [0.05, 0.1) is 30.0 Å². The van der Waals surface area contributed by atoms with Crippen LogP contribution < -0.4 is 5.32 Å². The summed E-state index contributed by atoms with van der Waals surface area (Å²) in [6.45, 7) is 5.49. The van der Waals surface area contributed by atoms with Crippen LogP contribution in [0.1, 0.15) is 29.9 Å². The highest BCUT2D eigenvalue weighted by Gasteiger charge is 2.27. The van der Waals surface area contributed by atoms with Gasteiger partial charge in [-0.05, 0) is 31.0 Å². The van der Waals surface area contributed by atoms with E-state index in [0.29, 0.717) is 33.7 Å². The van der Waals surface area contributed by atoms with E-state index in [-0.39, 0.29) is 5.92 Å². The number of fused-ring (bicyclic) bond motifs is 1. The Kier molecular flexibility index (Phi) is 4.98. The number of carbonyl (C=O) groups excluding carboxylic acids is 2. The Balaban J connectivity index is 2.11. The number of hydrogen-bond donors (Lipinski definition) is 1. The first kappa shape index (κ1) is 18.6. The minimum atomic E-state index is -0.755. The molecule has 0 aliphatic carbocycles. The Bertz CT molecular complexity index is 989. The predicted octanol–water partition coefficient (Wildman–Crippen LogP) is 2.46. The minimum Gasteiger partial charge on any atom is -0.467 e. The summed E-state index contributed by atoms with van der Waals surface area (Å²) in [5, 5.41) is 7.79. The van der Waals surface area contributed by atoms with Gasteiger partial charge in [0.1, 0.15) is 11.7 Å². The lowest BCUT2D eigenvalue weighted by Gasteiger charge is -2.20. The van der Waals surface area contributed by atoms with Crippen LogP contribution in [0.5, 0.6) is 0 Å². The minimum absolute atomic E-state index is 0.127. The van der Waals surface area contributed by atoms with Crippen molar-refractivity contribution in [3.8, 4) is 11.5 Å². The van der Waals surface area contributed by atoms with E-state index in [1.807, 2.05) is 20.8 Å². The molecule has 0 saturated heterocycles. The number of furan rings is 1. The molecule has 0 aliphatic heterocycles. The van der Waals surface area contributed by atoms with Crippen molar-refractivity contribution < 1.29 is 18.7 Å². The Morgan fingerprint density at radius 1 is 1.33 bits per heavy atom. The molecule has 0 spiro atoms. The van der Waals surface area contributed by atoms with Crippen molar-refractivity contribution in [2.75, 3.05) is 7.11 Å². The molecule has 3 heterocycles. The number of nitrogens with one attached hydrogen (secondary N) is 1. The van der Waals surface area contributed by atoms with E-state index in [0.717, 1.165) is 0 Å². The van der Waals surface area contributed by atoms with E-state index in [2.05, 4.69) is 15.4 Å². The summed E-state index contributed by atoms with van der Waals surface area (Å²) < 4.78 is 11.9. The molecule has 3 rings (SSSR count). The van der Waals surface area contributed by atoms with Crippen LogP contribution in [0.25, 0.3) is 22.5 Å². The van der Waals surface area contributed by atoms with E-state index in [1.54, 1.807) is 36.2 Å². The number of hydrogen-bond acceptors (Lipinski definition) is 6. The van der Waals surface area contributed by atoms with Gasteiger partial charge in [-0.1, -0.05) is 13.8 Å². The van der Waals surface area contributed by atoms with Crippen LogP contribution in [0.4, 0.5) is 0 Å². The van der Waals surface area contributed by atoms with Crippen molar-refractivity contribution in [2.24, 2.45) is 13.0 Å². The van der Waals surface area contributed by atoms with E-state index in [9.17, 15) is 9.59 Å². The first-order valence-corrected chi connectivity index (χ1v) is 8.60. The van der Waals surface area contributed by atoms with E-state index in [1.165, 1.54) is 7.11 Å². The lowest BCUT2D eigenvalue weighted by atomic mass is 10.0. The van der Waals surface area contributed by atoms with Crippen LogP contribution in [-0.4, -0.2) is 39.8 Å². The van der Waals surface area contributed by atoms with Gasteiger partial charge in [-0.3, -0.25) is 9.48 Å². The van der Waals surface area contributed by atoms with Crippen LogP contribution in [-0.2, 0) is 16.6 Å². The van der Waals surface area contributed by atoms with E-state index >= 15 is 0 Å². The molecule has 1 amide bonds. The summed E-state index contributed by atoms with van der Waals surface area (Å²) in [4.78, 5) is 29.7. The van der Waals surface area contributed by atoms with Crippen molar-refractivity contribution in [3.63, 3.8) is 0 Å². The van der Waals surface area contributed by atoms with Gasteiger partial charge in [-0.15, -0.1) is 0 Å². The van der Waals surface area contributed by atoms with Gasteiger partial charge in [0.25, 0.3) is 5.91 Å². The topological polar surface area (TPSA) is 99.2 Å². The van der Waals surface area contributed by atoms with Crippen LogP contribution in [0.15, 0.2) is 28.9 Å². The number of rotatable bonds is 5. The number of ether oxygens (including phenoxy) is 1. The smallest absolute Gasteiger partial charge is 0.328 e. The van der Waals surface area contributed by atoms with Crippen LogP contribution >= 0.6 is 0 Å². The lowest BCUT2D eigenvalue weighted by molar-refractivity contribution is -0.144. The number of amides is 1. The van der Waals surface area contributed by atoms with Gasteiger partial charge in [0, 0.05) is 7.05 Å². The average molecular weight is 370 g/mol. The van der Waals surface area contributed by atoms with Gasteiger partial charge >= 0.3 is 5.97 Å². The number of aryl methyl sites for hydroxylation is 2. The Hall–Kier alpha value is -3.16. The highest BCUT2D eigenvalue weighted by Crippen LogP contribution is 2.27. The van der Waals surface area contributed by atoms with Gasteiger partial charge in [0.2, 0.25) is 0 Å². The first-order chi connectivity index (χ1) is 12.8. The Labute approximate surface area is 156 Å². The fraction of sp³-hybridized carbons (Fsp3) is 0.368. The van der Waals surface area contributed by atoms with Crippen molar-refractivity contribution in [2.45, 2.75) is 26.8 Å². The number of nitrogens with zero attached hydrogens (tertiary/aromatic N) is 3. The number of methoxy groups -OCH3 is 1. The molecular formula is C19H22N4O4. The molecule has 0 bridgehead atoms. The molecule has 142 valence electrons. The van der Waals surface area contributed by atoms with Gasteiger partial charge < -0.3 is 14.5 Å². The molecule has 8 nitrogen and oxygen atoms in total. The summed E-state index contributed by atoms with van der Waals surface area (Å²) in [6, 6.07) is 4.42. The zero-order valence-electron chi connectivity index (χ0n) is 15.9. The van der Waals surface area contributed by atoms with Crippen molar-refractivity contribution >= 4 is 22.9 Å². The second-order valence-electron chi connectivity index (χ2n) is 6.66. The fourth-order valence-corrected chi connectivity index (χ4v) is 3.02. The Morgan fingerprint density at radius 3 is 2.67 bits per heavy atom. The predicted molar refractivity (Wildman–Crippen MR) is 99.1 cm³/mol. The second-order valence-corrected chi connectivity index (χ2v) is 6.66. The highest BCUT2D eigenvalue weighted by molar-refractivity contribution is 6.08. The monoisotopic (exact) mass is 370 g/mol. The molecule has 3 aromatic heterocycles. The first-order valence-electron chi connectivity index (χ1n) is 8.60. The summed E-state index contributed by atoms with van der Waals surface area (Å²) in [5.74, 6) is -0.468. The molecule has 0 radical (unpaired) electrons. The summed E-state index contributed by atoms with van der Waals surface area (Å²) in [6.07, 6.45) is 1.54. The number of pyridine rings is 1. The van der Waals surface area contributed by atoms with Gasteiger partial charge in [0.15, 0.2) is 11.4 Å². The average Bonchev–Trinajstić information content (AvgIpc) is 3.27. The lowest BCUT2D eigenvalue weighted by Crippen LogP contribution is -2.45. The second kappa shape index (κ2) is 7.22. The molecule has 0 unspecified atom stereocenters. The quantitative estimate of drug-likeness (QED) is 0.693. The summed E-state index contributed by atoms with van der Waals surface area (Å²) in [5.41, 5.74) is 2.13. The van der Waals surface area contributed by atoms with Gasteiger partial charge in [-0.2, -0.15) is 5.10 Å². The van der Waals surface area contributed by atoms with E-state index < -0.39 is 17.9 Å². The molecule has 0 aromatic carbocycles. The molecule has 0 aliphatic rings. The largest absolute Gasteiger partial charge is 0.467 e. The molecule has 1 N–H and O–H groups in total. The fourth-order valence-electron chi connectivity index (χ4n) is 3.02. The maximum absolute atomic E-state index is 13.1. The maximum Gasteiger partial charge on any atom is 0.328 e. The third kappa shape index (κ3) is 3.42. The molecule has 3 aromatic rings. The molecule has 27 heavy (non-hydrogen) atoms. The molecule has 0 saturated carbocycles. The zero-order valence-corrected chi connectivity index (χ0v) is 15.9. The van der Waals surface area contributed by atoms with Crippen molar-refractivity contribution in [1.82, 2.24) is 20.1 Å². The third-order valence-corrected chi connectivity index (χ3v) is 4.40. The third-order valence-electron chi connectivity index (χ3n) is 4.40. The zero-order chi connectivity index (χ0) is 19.7.